The number of nitrogens with zero attached hydrogens (tertiary/aromatic N) is 2. The van der Waals surface area contributed by atoms with Crippen LogP contribution in [0.15, 0.2) is 18.2 Å². The molecule has 1 amide bonds. The van der Waals surface area contributed by atoms with Gasteiger partial charge in [0.25, 0.3) is 11.6 Å². The number of halogens is 1. The Hall–Kier alpha value is -1.62. The normalized spacial score (nSPS) is 18.9. The lowest BCUT2D eigenvalue weighted by atomic mass is 10.00. The molecule has 1 saturated heterocycles. The van der Waals surface area contributed by atoms with E-state index in [1.54, 1.807) is 24.0 Å². The van der Waals surface area contributed by atoms with E-state index < -0.39 is 4.92 Å². The van der Waals surface area contributed by atoms with E-state index >= 15 is 0 Å². The molecule has 2 rings (SSSR count). The van der Waals surface area contributed by atoms with Crippen molar-refractivity contribution in [1.82, 2.24) is 4.90 Å². The van der Waals surface area contributed by atoms with E-state index in [1.807, 2.05) is 0 Å². The highest BCUT2D eigenvalue weighted by Crippen LogP contribution is 2.25. The average Bonchev–Trinajstić information content (AvgIpc) is 2.46. The number of piperidine rings is 1. The van der Waals surface area contributed by atoms with Crippen LogP contribution in [0.5, 0.6) is 0 Å². The van der Waals surface area contributed by atoms with Crippen LogP contribution in [-0.2, 0) is 0 Å². The molecule has 0 spiro atoms. The minimum atomic E-state index is -0.457. The number of nitro groups is 1. The largest absolute Gasteiger partial charge is 0.334 e. The van der Waals surface area contributed by atoms with E-state index in [0.29, 0.717) is 23.6 Å². The van der Waals surface area contributed by atoms with Gasteiger partial charge in [-0.15, -0.1) is 11.6 Å². The van der Waals surface area contributed by atoms with Crippen molar-refractivity contribution in [2.24, 2.45) is 0 Å². The van der Waals surface area contributed by atoms with E-state index in [0.717, 1.165) is 19.3 Å². The number of nitro benzene ring substituents is 1. The maximum Gasteiger partial charge on any atom is 0.273 e. The monoisotopic (exact) mass is 296 g/mol. The molecule has 1 fully saturated rings. The molecule has 0 radical (unpaired) electrons. The number of carbonyl (C=O) groups excluding carboxylic acids is 1. The lowest BCUT2D eigenvalue weighted by Crippen LogP contribution is -2.45. The first-order valence-electron chi connectivity index (χ1n) is 6.67. The van der Waals surface area contributed by atoms with Crippen molar-refractivity contribution in [3.63, 3.8) is 0 Å². The molecule has 5 nitrogen and oxygen atoms in total. The predicted octanol–water partition coefficient (Wildman–Crippen LogP) is 3.14. The fourth-order valence-electron chi connectivity index (χ4n) is 2.64. The molecule has 0 N–H and O–H groups in total. The van der Waals surface area contributed by atoms with Gasteiger partial charge in [0, 0.05) is 35.7 Å². The number of alkyl halides is 1. The van der Waals surface area contributed by atoms with Crippen LogP contribution >= 0.6 is 11.6 Å². The van der Waals surface area contributed by atoms with Crippen LogP contribution < -0.4 is 0 Å². The highest BCUT2D eigenvalue weighted by atomic mass is 35.5. The summed E-state index contributed by atoms with van der Waals surface area (Å²) in [5.74, 6) is 0.247. The third-order valence-corrected chi connectivity index (χ3v) is 4.15. The number of benzene rings is 1. The first kappa shape index (κ1) is 14.8. The van der Waals surface area contributed by atoms with Gasteiger partial charge in [-0.1, -0.05) is 6.07 Å². The van der Waals surface area contributed by atoms with Gasteiger partial charge in [-0.05, 0) is 32.3 Å². The Morgan fingerprint density at radius 2 is 2.25 bits per heavy atom. The van der Waals surface area contributed by atoms with Crippen molar-refractivity contribution in [2.45, 2.75) is 32.2 Å². The molecule has 108 valence electrons. The molecule has 6 heteroatoms. The zero-order chi connectivity index (χ0) is 14.7. The topological polar surface area (TPSA) is 63.5 Å². The Kier molecular flexibility index (Phi) is 4.60. The number of hydrogen-bond donors (Lipinski definition) is 0. The van der Waals surface area contributed by atoms with Crippen LogP contribution in [0.4, 0.5) is 5.69 Å². The molecule has 1 heterocycles. The Bertz CT molecular complexity index is 533. The van der Waals surface area contributed by atoms with Gasteiger partial charge in [-0.2, -0.15) is 0 Å². The van der Waals surface area contributed by atoms with Crippen molar-refractivity contribution in [3.8, 4) is 0 Å². The zero-order valence-electron chi connectivity index (χ0n) is 11.3. The molecular weight excluding hydrogens is 280 g/mol. The molecule has 0 bridgehead atoms. The fourth-order valence-corrected chi connectivity index (χ4v) is 2.96. The molecule has 1 aliphatic rings. The third-order valence-electron chi connectivity index (χ3n) is 3.80. The number of carbonyl (C=O) groups is 1. The first-order valence-corrected chi connectivity index (χ1v) is 7.20. The summed E-state index contributed by atoms with van der Waals surface area (Å²) in [6.45, 7) is 2.28. The molecular formula is C14H17ClN2O3. The van der Waals surface area contributed by atoms with Crippen LogP contribution in [0.3, 0.4) is 0 Å². The second-order valence-corrected chi connectivity index (χ2v) is 5.32. The number of likely N-dealkylation sites (tertiary alicyclic amines) is 1. The van der Waals surface area contributed by atoms with Gasteiger partial charge in [0.2, 0.25) is 0 Å². The van der Waals surface area contributed by atoms with Crippen molar-refractivity contribution < 1.29 is 9.72 Å². The van der Waals surface area contributed by atoms with E-state index in [2.05, 4.69) is 0 Å². The summed E-state index contributed by atoms with van der Waals surface area (Å²) >= 11 is 5.93. The molecule has 1 unspecified atom stereocenters. The summed E-state index contributed by atoms with van der Waals surface area (Å²) < 4.78 is 0. The third kappa shape index (κ3) is 2.77. The lowest BCUT2D eigenvalue weighted by molar-refractivity contribution is -0.385. The minimum absolute atomic E-state index is 0.0183. The SMILES string of the molecule is Cc1c(C(=O)N2CCCCC2CCl)cccc1[N+](=O)[O-]. The summed E-state index contributed by atoms with van der Waals surface area (Å²) in [5, 5.41) is 11.0. The van der Waals surface area contributed by atoms with Gasteiger partial charge in [-0.25, -0.2) is 0 Å². The van der Waals surface area contributed by atoms with Crippen LogP contribution in [0.25, 0.3) is 0 Å². The van der Waals surface area contributed by atoms with Crippen LogP contribution in [0.1, 0.15) is 35.2 Å². The summed E-state index contributed by atoms with van der Waals surface area (Å²) in [6, 6.07) is 4.64. The number of rotatable bonds is 3. The van der Waals surface area contributed by atoms with E-state index in [9.17, 15) is 14.9 Å². The molecule has 0 aliphatic carbocycles. The number of hydrogen-bond acceptors (Lipinski definition) is 3. The van der Waals surface area contributed by atoms with Crippen LogP contribution in [0, 0.1) is 17.0 Å². The lowest BCUT2D eigenvalue weighted by Gasteiger charge is -2.34. The van der Waals surface area contributed by atoms with E-state index in [4.69, 9.17) is 11.6 Å². The quantitative estimate of drug-likeness (QED) is 0.489. The highest BCUT2D eigenvalue weighted by molar-refractivity contribution is 6.18. The average molecular weight is 297 g/mol. The summed E-state index contributed by atoms with van der Waals surface area (Å²) in [5.41, 5.74) is 0.799. The molecule has 1 atom stereocenters. The summed E-state index contributed by atoms with van der Waals surface area (Å²) in [6.07, 6.45) is 2.91. The summed E-state index contributed by atoms with van der Waals surface area (Å²) in [7, 11) is 0. The second-order valence-electron chi connectivity index (χ2n) is 5.01. The zero-order valence-corrected chi connectivity index (χ0v) is 12.1. The van der Waals surface area contributed by atoms with Crippen molar-refractivity contribution in [2.75, 3.05) is 12.4 Å². The Morgan fingerprint density at radius 3 is 2.90 bits per heavy atom. The molecule has 1 aromatic rings. The Balaban J connectivity index is 2.33. The molecule has 0 aromatic heterocycles. The first-order chi connectivity index (χ1) is 9.56. The van der Waals surface area contributed by atoms with Gasteiger partial charge < -0.3 is 4.90 Å². The van der Waals surface area contributed by atoms with Crippen molar-refractivity contribution in [3.05, 3.63) is 39.4 Å². The highest BCUT2D eigenvalue weighted by Gasteiger charge is 2.29. The fraction of sp³-hybridized carbons (Fsp3) is 0.500. The Labute approximate surface area is 122 Å². The summed E-state index contributed by atoms with van der Waals surface area (Å²) in [4.78, 5) is 24.9. The van der Waals surface area contributed by atoms with Gasteiger partial charge in [0.05, 0.1) is 4.92 Å². The molecule has 20 heavy (non-hydrogen) atoms. The smallest absolute Gasteiger partial charge is 0.273 e. The molecule has 0 saturated carbocycles. The van der Waals surface area contributed by atoms with Gasteiger partial charge in [0.1, 0.15) is 0 Å². The predicted molar refractivity (Wildman–Crippen MR) is 77.2 cm³/mol. The second kappa shape index (κ2) is 6.22. The van der Waals surface area contributed by atoms with E-state index in [-0.39, 0.29) is 17.6 Å². The molecule has 1 aromatic carbocycles. The van der Waals surface area contributed by atoms with E-state index in [1.165, 1.54) is 6.07 Å². The van der Waals surface area contributed by atoms with Crippen LogP contribution in [-0.4, -0.2) is 34.2 Å². The van der Waals surface area contributed by atoms with Crippen molar-refractivity contribution >= 4 is 23.2 Å². The van der Waals surface area contributed by atoms with Gasteiger partial charge in [0.15, 0.2) is 0 Å². The minimum Gasteiger partial charge on any atom is -0.334 e. The number of amides is 1. The maximum absolute atomic E-state index is 12.6. The Morgan fingerprint density at radius 1 is 1.50 bits per heavy atom. The standard InChI is InChI=1S/C14H17ClN2O3/c1-10-12(6-4-7-13(10)17(19)20)14(18)16-8-3-2-5-11(16)9-15/h4,6-7,11H,2-3,5,8-9H2,1H3. The van der Waals surface area contributed by atoms with Gasteiger partial charge in [-0.3, -0.25) is 14.9 Å². The maximum atomic E-state index is 12.6. The van der Waals surface area contributed by atoms with Crippen molar-refractivity contribution in [1.29, 1.82) is 0 Å². The molecule has 1 aliphatic heterocycles. The van der Waals surface area contributed by atoms with Crippen LogP contribution in [0.2, 0.25) is 0 Å². The van der Waals surface area contributed by atoms with Gasteiger partial charge >= 0.3 is 0 Å².